The van der Waals surface area contributed by atoms with Crippen LogP contribution in [0.25, 0.3) is 0 Å². The minimum atomic E-state index is 0.608. The van der Waals surface area contributed by atoms with Crippen molar-refractivity contribution in [1.29, 1.82) is 0 Å². The third-order valence-corrected chi connectivity index (χ3v) is 3.10. The third kappa shape index (κ3) is 1.80. The largest absolute Gasteiger partial charge is 0.311 e. The van der Waals surface area contributed by atoms with Crippen molar-refractivity contribution in [2.24, 2.45) is 0 Å². The first kappa shape index (κ1) is 9.66. The maximum atomic E-state index is 4.45. The number of nitrogens with zero attached hydrogens (tertiary/aromatic N) is 1. The number of hydrogen-bond acceptors (Lipinski definition) is 2. The second-order valence-corrected chi connectivity index (χ2v) is 4.18. The van der Waals surface area contributed by atoms with Crippen molar-refractivity contribution in [1.82, 2.24) is 10.3 Å². The van der Waals surface area contributed by atoms with Gasteiger partial charge in [-0.3, -0.25) is 4.98 Å². The van der Waals surface area contributed by atoms with Gasteiger partial charge in [0.15, 0.2) is 0 Å². The van der Waals surface area contributed by atoms with Gasteiger partial charge in [0, 0.05) is 29.9 Å². The van der Waals surface area contributed by atoms with Crippen LogP contribution < -0.4 is 5.32 Å². The maximum absolute atomic E-state index is 4.45. The van der Waals surface area contributed by atoms with Crippen molar-refractivity contribution < 1.29 is 0 Å². The van der Waals surface area contributed by atoms with E-state index in [0.717, 1.165) is 0 Å². The molecule has 0 amide bonds. The Morgan fingerprint density at radius 1 is 1.50 bits per heavy atom. The highest BCUT2D eigenvalue weighted by atomic mass is 15.0. The first-order chi connectivity index (χ1) is 6.81. The fraction of sp³-hybridized carbons (Fsp3) is 0.583. The lowest BCUT2D eigenvalue weighted by Gasteiger charge is -2.16. The molecular formula is C12H18N2. The molecule has 0 aromatic carbocycles. The molecule has 2 nitrogen and oxygen atoms in total. The summed E-state index contributed by atoms with van der Waals surface area (Å²) in [4.78, 5) is 4.45. The second-order valence-electron chi connectivity index (χ2n) is 4.18. The van der Waals surface area contributed by atoms with Gasteiger partial charge >= 0.3 is 0 Å². The predicted molar refractivity (Wildman–Crippen MR) is 58.3 cm³/mol. The minimum absolute atomic E-state index is 0.608. The third-order valence-electron chi connectivity index (χ3n) is 3.10. The van der Waals surface area contributed by atoms with E-state index in [1.54, 1.807) is 0 Å². The summed E-state index contributed by atoms with van der Waals surface area (Å²) >= 11 is 0. The zero-order valence-electron chi connectivity index (χ0n) is 8.90. The smallest absolute Gasteiger partial charge is 0.0450 e. The molecule has 1 aliphatic heterocycles. The van der Waals surface area contributed by atoms with Gasteiger partial charge in [0.2, 0.25) is 0 Å². The number of rotatable bonds is 2. The Labute approximate surface area is 85.7 Å². The first-order valence-corrected chi connectivity index (χ1v) is 5.48. The van der Waals surface area contributed by atoms with E-state index < -0.39 is 0 Å². The van der Waals surface area contributed by atoms with Crippen molar-refractivity contribution in [3.05, 3.63) is 30.1 Å². The van der Waals surface area contributed by atoms with E-state index in [0.29, 0.717) is 18.0 Å². The molecule has 2 heterocycles. The molecule has 3 unspecified atom stereocenters. The zero-order chi connectivity index (χ0) is 9.97. The van der Waals surface area contributed by atoms with Crippen molar-refractivity contribution in [2.45, 2.75) is 44.7 Å². The Balaban J connectivity index is 2.18. The van der Waals surface area contributed by atoms with Gasteiger partial charge in [0.25, 0.3) is 0 Å². The van der Waals surface area contributed by atoms with Gasteiger partial charge in [-0.1, -0.05) is 13.0 Å². The van der Waals surface area contributed by atoms with Crippen LogP contribution >= 0.6 is 0 Å². The molecule has 1 N–H and O–H groups in total. The molecule has 0 spiro atoms. The van der Waals surface area contributed by atoms with Crippen molar-refractivity contribution in [3.8, 4) is 0 Å². The first-order valence-electron chi connectivity index (χ1n) is 5.48. The summed E-state index contributed by atoms with van der Waals surface area (Å²) in [6, 6.07) is 7.45. The summed E-state index contributed by atoms with van der Waals surface area (Å²) in [7, 11) is 0. The second kappa shape index (κ2) is 4.09. The van der Waals surface area contributed by atoms with Crippen LogP contribution in [0.1, 0.15) is 38.3 Å². The van der Waals surface area contributed by atoms with Gasteiger partial charge in [0.05, 0.1) is 0 Å². The fourth-order valence-corrected chi connectivity index (χ4v) is 2.42. The highest BCUT2D eigenvalue weighted by molar-refractivity contribution is 5.15. The summed E-state index contributed by atoms with van der Waals surface area (Å²) in [5.74, 6) is 0.608. The fourth-order valence-electron chi connectivity index (χ4n) is 2.42. The average molecular weight is 190 g/mol. The lowest BCUT2D eigenvalue weighted by molar-refractivity contribution is 0.511. The quantitative estimate of drug-likeness (QED) is 0.774. The molecule has 14 heavy (non-hydrogen) atoms. The summed E-state index contributed by atoms with van der Waals surface area (Å²) in [5, 5.41) is 3.61. The zero-order valence-corrected chi connectivity index (χ0v) is 8.90. The summed E-state index contributed by atoms with van der Waals surface area (Å²) in [6.07, 6.45) is 4.30. The van der Waals surface area contributed by atoms with Gasteiger partial charge in [-0.15, -0.1) is 0 Å². The van der Waals surface area contributed by atoms with E-state index in [2.05, 4.69) is 36.3 Å². The molecular weight excluding hydrogens is 172 g/mol. The van der Waals surface area contributed by atoms with E-state index >= 15 is 0 Å². The molecule has 1 saturated heterocycles. The molecule has 0 bridgehead atoms. The molecule has 1 aliphatic rings. The molecule has 2 rings (SSSR count). The van der Waals surface area contributed by atoms with Gasteiger partial charge in [0.1, 0.15) is 0 Å². The number of nitrogens with one attached hydrogen (secondary N) is 1. The topological polar surface area (TPSA) is 24.9 Å². The van der Waals surface area contributed by atoms with Crippen LogP contribution in [0.5, 0.6) is 0 Å². The van der Waals surface area contributed by atoms with Gasteiger partial charge in [-0.25, -0.2) is 0 Å². The lowest BCUT2D eigenvalue weighted by Crippen LogP contribution is -2.28. The average Bonchev–Trinajstić information content (AvgIpc) is 2.61. The molecule has 76 valence electrons. The molecule has 3 atom stereocenters. The normalized spacial score (nSPS) is 32.0. The Morgan fingerprint density at radius 3 is 3.00 bits per heavy atom. The number of aromatic nitrogens is 1. The Hall–Kier alpha value is -0.890. The van der Waals surface area contributed by atoms with Gasteiger partial charge in [-0.05, 0) is 31.9 Å². The van der Waals surface area contributed by atoms with E-state index in [1.165, 1.54) is 18.5 Å². The van der Waals surface area contributed by atoms with E-state index in [1.807, 2.05) is 12.3 Å². The van der Waals surface area contributed by atoms with Crippen molar-refractivity contribution in [2.75, 3.05) is 0 Å². The molecule has 1 fully saturated rings. The van der Waals surface area contributed by atoms with Crippen LogP contribution in [0.2, 0.25) is 0 Å². The van der Waals surface area contributed by atoms with E-state index in [9.17, 15) is 0 Å². The summed E-state index contributed by atoms with van der Waals surface area (Å²) in [5.41, 5.74) is 1.25. The molecule has 2 heteroatoms. The van der Waals surface area contributed by atoms with Crippen LogP contribution in [0.15, 0.2) is 24.4 Å². The summed E-state index contributed by atoms with van der Waals surface area (Å²) in [6.45, 7) is 4.50. The van der Waals surface area contributed by atoms with Crippen LogP contribution in [-0.4, -0.2) is 17.1 Å². The number of pyridine rings is 1. The van der Waals surface area contributed by atoms with Gasteiger partial charge in [-0.2, -0.15) is 0 Å². The van der Waals surface area contributed by atoms with Crippen LogP contribution in [0, 0.1) is 0 Å². The van der Waals surface area contributed by atoms with Crippen molar-refractivity contribution >= 4 is 0 Å². The Kier molecular flexibility index (Phi) is 2.82. The molecule has 0 radical (unpaired) electrons. The summed E-state index contributed by atoms with van der Waals surface area (Å²) < 4.78 is 0. The van der Waals surface area contributed by atoms with Crippen molar-refractivity contribution in [3.63, 3.8) is 0 Å². The lowest BCUT2D eigenvalue weighted by atomic mass is 9.93. The Morgan fingerprint density at radius 2 is 2.36 bits per heavy atom. The Bertz CT molecular complexity index is 284. The van der Waals surface area contributed by atoms with E-state index in [-0.39, 0.29) is 0 Å². The maximum Gasteiger partial charge on any atom is 0.0450 e. The highest BCUT2D eigenvalue weighted by Gasteiger charge is 2.31. The predicted octanol–water partition coefficient (Wildman–Crippen LogP) is 2.33. The van der Waals surface area contributed by atoms with Crippen LogP contribution in [-0.2, 0) is 0 Å². The molecule has 0 saturated carbocycles. The highest BCUT2D eigenvalue weighted by Crippen LogP contribution is 2.30. The number of hydrogen-bond donors (Lipinski definition) is 1. The standard InChI is InChI=1S/C12H18N2/c1-3-11-10(8-9(2)14-11)12-6-4-5-7-13-12/h4-7,9-11,14H,3,8H2,1-2H3. The minimum Gasteiger partial charge on any atom is -0.311 e. The van der Waals surface area contributed by atoms with E-state index in [4.69, 9.17) is 0 Å². The van der Waals surface area contributed by atoms with Gasteiger partial charge < -0.3 is 5.32 Å². The molecule has 0 aliphatic carbocycles. The van der Waals surface area contributed by atoms with Crippen LogP contribution in [0.4, 0.5) is 0 Å². The molecule has 1 aromatic rings. The monoisotopic (exact) mass is 190 g/mol. The molecule has 1 aromatic heterocycles. The van der Waals surface area contributed by atoms with Crippen LogP contribution in [0.3, 0.4) is 0 Å². The SMILES string of the molecule is CCC1NC(C)CC1c1ccccn1.